The number of anilines is 1. The number of methoxy groups -OCH3 is 1. The Bertz CT molecular complexity index is 735. The van der Waals surface area contributed by atoms with Crippen molar-refractivity contribution in [2.75, 3.05) is 25.2 Å². The molecule has 1 saturated carbocycles. The van der Waals surface area contributed by atoms with E-state index in [9.17, 15) is 4.79 Å². The zero-order chi connectivity index (χ0) is 16.5. The van der Waals surface area contributed by atoms with E-state index in [0.717, 1.165) is 59.8 Å². The summed E-state index contributed by atoms with van der Waals surface area (Å²) >= 11 is 1.57. The predicted octanol–water partition coefficient (Wildman–Crippen LogP) is 3.62. The molecule has 2 fully saturated rings. The molecule has 6 heteroatoms. The lowest BCUT2D eigenvalue weighted by atomic mass is 9.84. The molecule has 1 aromatic carbocycles. The van der Waals surface area contributed by atoms with Gasteiger partial charge in [-0.1, -0.05) is 17.8 Å². The Morgan fingerprint density at radius 3 is 2.92 bits per heavy atom. The van der Waals surface area contributed by atoms with Crippen molar-refractivity contribution >= 4 is 32.6 Å². The molecule has 0 spiro atoms. The van der Waals surface area contributed by atoms with E-state index in [4.69, 9.17) is 14.5 Å². The van der Waals surface area contributed by atoms with Crippen LogP contribution in [0.1, 0.15) is 32.1 Å². The van der Waals surface area contributed by atoms with Crippen LogP contribution in [0.5, 0.6) is 5.75 Å². The minimum Gasteiger partial charge on any atom is -0.497 e. The summed E-state index contributed by atoms with van der Waals surface area (Å²) in [6, 6.07) is 5.86. The third-order valence-corrected chi connectivity index (χ3v) is 6.00. The van der Waals surface area contributed by atoms with Crippen molar-refractivity contribution in [3.63, 3.8) is 0 Å². The van der Waals surface area contributed by atoms with E-state index in [0.29, 0.717) is 6.54 Å². The van der Waals surface area contributed by atoms with Gasteiger partial charge in [0.05, 0.1) is 30.0 Å². The quantitative estimate of drug-likeness (QED) is 0.830. The molecule has 1 atom stereocenters. The summed E-state index contributed by atoms with van der Waals surface area (Å²) in [7, 11) is 1.65. The third kappa shape index (κ3) is 3.00. The number of carbonyl (C=O) groups excluding carboxylic acids is 1. The number of benzene rings is 1. The van der Waals surface area contributed by atoms with Crippen LogP contribution in [0.15, 0.2) is 18.2 Å². The third-order valence-electron chi connectivity index (χ3n) is 4.94. The maximum Gasteiger partial charge on any atom is 0.231 e. The minimum absolute atomic E-state index is 0.135. The number of fused-ring (bicyclic) bond motifs is 1. The molecule has 1 amide bonds. The summed E-state index contributed by atoms with van der Waals surface area (Å²) in [6.07, 6.45) is 5.39. The van der Waals surface area contributed by atoms with Gasteiger partial charge in [-0.2, -0.15) is 0 Å². The fraction of sp³-hybridized carbons (Fsp3) is 0.556. The van der Waals surface area contributed by atoms with Crippen LogP contribution < -0.4 is 9.64 Å². The van der Waals surface area contributed by atoms with Crippen molar-refractivity contribution in [1.29, 1.82) is 0 Å². The number of hydrogen-bond donors (Lipinski definition) is 0. The van der Waals surface area contributed by atoms with Crippen LogP contribution >= 0.6 is 11.3 Å². The van der Waals surface area contributed by atoms with E-state index in [1.54, 1.807) is 18.4 Å². The van der Waals surface area contributed by atoms with Crippen molar-refractivity contribution in [2.24, 2.45) is 5.92 Å². The summed E-state index contributed by atoms with van der Waals surface area (Å²) < 4.78 is 12.1. The molecular weight excluding hydrogens is 324 g/mol. The van der Waals surface area contributed by atoms with E-state index in [-0.39, 0.29) is 17.9 Å². The standard InChI is InChI=1S/C18H22N2O3S/c1-22-13-7-8-16-15(10-13)19-18(24-16)20(11-14-6-3-9-23-14)17(21)12-4-2-5-12/h7-8,10,12,14H,2-6,9,11H2,1H3. The number of ether oxygens (including phenoxy) is 2. The van der Waals surface area contributed by atoms with E-state index in [2.05, 4.69) is 0 Å². The fourth-order valence-corrected chi connectivity index (χ4v) is 4.23. The Balaban J connectivity index is 1.64. The smallest absolute Gasteiger partial charge is 0.231 e. The van der Waals surface area contributed by atoms with Gasteiger partial charge < -0.3 is 9.47 Å². The van der Waals surface area contributed by atoms with Crippen LogP contribution in [0.2, 0.25) is 0 Å². The molecule has 1 aromatic heterocycles. The predicted molar refractivity (Wildman–Crippen MR) is 94.8 cm³/mol. The first kappa shape index (κ1) is 15.8. The van der Waals surface area contributed by atoms with Gasteiger partial charge in [-0.3, -0.25) is 9.69 Å². The molecule has 5 nitrogen and oxygen atoms in total. The van der Waals surface area contributed by atoms with Gasteiger partial charge in [0, 0.05) is 18.6 Å². The van der Waals surface area contributed by atoms with Crippen LogP contribution in [0.4, 0.5) is 5.13 Å². The van der Waals surface area contributed by atoms with E-state index in [1.807, 2.05) is 23.1 Å². The Morgan fingerprint density at radius 1 is 1.38 bits per heavy atom. The van der Waals surface area contributed by atoms with E-state index < -0.39 is 0 Å². The van der Waals surface area contributed by atoms with Crippen LogP contribution in [-0.4, -0.2) is 37.3 Å². The number of nitrogens with zero attached hydrogens (tertiary/aromatic N) is 2. The first-order chi connectivity index (χ1) is 11.7. The SMILES string of the molecule is COc1ccc2sc(N(CC3CCCO3)C(=O)C3CCC3)nc2c1. The highest BCUT2D eigenvalue weighted by Crippen LogP contribution is 2.35. The Labute approximate surface area is 145 Å². The number of carbonyl (C=O) groups is 1. The van der Waals surface area contributed by atoms with Crippen LogP contribution in [0.25, 0.3) is 10.2 Å². The summed E-state index contributed by atoms with van der Waals surface area (Å²) in [4.78, 5) is 19.5. The Kier molecular flexibility index (Phi) is 4.41. The zero-order valence-electron chi connectivity index (χ0n) is 13.9. The van der Waals surface area contributed by atoms with Gasteiger partial charge >= 0.3 is 0 Å². The van der Waals surface area contributed by atoms with Gasteiger partial charge in [0.25, 0.3) is 0 Å². The molecule has 0 radical (unpaired) electrons. The lowest BCUT2D eigenvalue weighted by Crippen LogP contribution is -2.43. The number of rotatable bonds is 5. The maximum absolute atomic E-state index is 12.9. The second kappa shape index (κ2) is 6.69. The molecule has 24 heavy (non-hydrogen) atoms. The monoisotopic (exact) mass is 346 g/mol. The van der Waals surface area contributed by atoms with Gasteiger partial charge in [-0.15, -0.1) is 0 Å². The zero-order valence-corrected chi connectivity index (χ0v) is 14.7. The summed E-state index contributed by atoms with van der Waals surface area (Å²) in [6.45, 7) is 1.42. The number of thiazole rings is 1. The van der Waals surface area contributed by atoms with Crippen molar-refractivity contribution in [3.05, 3.63) is 18.2 Å². The fourth-order valence-electron chi connectivity index (χ4n) is 3.27. The average Bonchev–Trinajstić information content (AvgIpc) is 3.18. The first-order valence-corrected chi connectivity index (χ1v) is 9.44. The highest BCUT2D eigenvalue weighted by Gasteiger charge is 2.33. The topological polar surface area (TPSA) is 51.7 Å². The van der Waals surface area contributed by atoms with Gasteiger partial charge in [0.2, 0.25) is 5.91 Å². The summed E-state index contributed by atoms with van der Waals surface area (Å²) in [5.41, 5.74) is 0.882. The average molecular weight is 346 g/mol. The van der Waals surface area contributed by atoms with Crippen molar-refractivity contribution < 1.29 is 14.3 Å². The normalized spacial score (nSPS) is 21.0. The second-order valence-corrected chi connectivity index (χ2v) is 7.55. The molecule has 4 rings (SSSR count). The van der Waals surface area contributed by atoms with Crippen LogP contribution in [-0.2, 0) is 9.53 Å². The molecule has 1 aliphatic heterocycles. The number of aromatic nitrogens is 1. The molecule has 2 aliphatic rings. The lowest BCUT2D eigenvalue weighted by molar-refractivity contribution is -0.125. The second-order valence-electron chi connectivity index (χ2n) is 6.54. The van der Waals surface area contributed by atoms with Crippen molar-refractivity contribution in [2.45, 2.75) is 38.2 Å². The van der Waals surface area contributed by atoms with Crippen molar-refractivity contribution in [1.82, 2.24) is 4.98 Å². The first-order valence-electron chi connectivity index (χ1n) is 8.62. The Morgan fingerprint density at radius 2 is 2.25 bits per heavy atom. The molecule has 0 bridgehead atoms. The van der Waals surface area contributed by atoms with Crippen LogP contribution in [0.3, 0.4) is 0 Å². The number of amides is 1. The van der Waals surface area contributed by atoms with Gasteiger partial charge in [0.1, 0.15) is 5.75 Å². The van der Waals surface area contributed by atoms with Gasteiger partial charge in [-0.25, -0.2) is 4.98 Å². The molecule has 128 valence electrons. The highest BCUT2D eigenvalue weighted by atomic mass is 32.1. The molecule has 1 aliphatic carbocycles. The minimum atomic E-state index is 0.135. The summed E-state index contributed by atoms with van der Waals surface area (Å²) in [5.74, 6) is 1.16. The Hall–Kier alpha value is -1.66. The van der Waals surface area contributed by atoms with Gasteiger partial charge in [-0.05, 0) is 37.8 Å². The maximum atomic E-state index is 12.9. The largest absolute Gasteiger partial charge is 0.497 e. The van der Waals surface area contributed by atoms with Gasteiger partial charge in [0.15, 0.2) is 5.13 Å². The summed E-state index contributed by atoms with van der Waals surface area (Å²) in [5, 5.41) is 0.783. The van der Waals surface area contributed by atoms with E-state index >= 15 is 0 Å². The van der Waals surface area contributed by atoms with Crippen LogP contribution in [0, 0.1) is 5.92 Å². The molecule has 2 heterocycles. The lowest BCUT2D eigenvalue weighted by Gasteiger charge is -2.31. The highest BCUT2D eigenvalue weighted by molar-refractivity contribution is 7.22. The molecular formula is C18H22N2O3S. The van der Waals surface area contributed by atoms with E-state index in [1.165, 1.54) is 0 Å². The number of hydrogen-bond acceptors (Lipinski definition) is 5. The molecule has 1 saturated heterocycles. The molecule has 0 N–H and O–H groups in total. The molecule has 2 aromatic rings. The van der Waals surface area contributed by atoms with Crippen molar-refractivity contribution in [3.8, 4) is 5.75 Å². The molecule has 1 unspecified atom stereocenters.